The van der Waals surface area contributed by atoms with Crippen molar-refractivity contribution in [3.8, 4) is 0 Å². The minimum Gasteiger partial charge on any atom is -0.381 e. The number of fused-ring (bicyclic) bond motifs is 1. The van der Waals surface area contributed by atoms with Crippen LogP contribution >= 0.6 is 11.6 Å². The van der Waals surface area contributed by atoms with E-state index in [0.29, 0.717) is 25.4 Å². The number of aryl methyl sites for hydroxylation is 1. The van der Waals surface area contributed by atoms with Crippen LogP contribution in [0, 0.1) is 5.82 Å². The largest absolute Gasteiger partial charge is 0.381 e. The van der Waals surface area contributed by atoms with Crippen molar-refractivity contribution in [2.45, 2.75) is 31.7 Å². The number of anilines is 1. The van der Waals surface area contributed by atoms with E-state index in [1.54, 1.807) is 16.9 Å². The van der Waals surface area contributed by atoms with Gasteiger partial charge in [-0.1, -0.05) is 22.9 Å². The number of amides is 1. The van der Waals surface area contributed by atoms with Crippen LogP contribution in [0.1, 0.15) is 41.4 Å². The highest BCUT2D eigenvalue weighted by Crippen LogP contribution is 2.36. The third kappa shape index (κ3) is 3.02. The first-order chi connectivity index (χ1) is 12.1. The van der Waals surface area contributed by atoms with E-state index in [9.17, 15) is 9.18 Å². The topological polar surface area (TPSA) is 60.3 Å². The Kier molecular flexibility index (Phi) is 4.43. The second-order valence-electron chi connectivity index (χ2n) is 6.36. The molecule has 8 heteroatoms. The van der Waals surface area contributed by atoms with Gasteiger partial charge in [-0.2, -0.15) is 0 Å². The molecule has 132 valence electrons. The number of ether oxygens (including phenoxy) is 1. The molecule has 1 saturated heterocycles. The first-order valence-corrected chi connectivity index (χ1v) is 8.81. The van der Waals surface area contributed by atoms with Crippen LogP contribution in [0.4, 0.5) is 10.1 Å². The van der Waals surface area contributed by atoms with Gasteiger partial charge in [-0.15, -0.1) is 5.10 Å². The summed E-state index contributed by atoms with van der Waals surface area (Å²) in [7, 11) is 0. The zero-order valence-electron chi connectivity index (χ0n) is 13.6. The first-order valence-electron chi connectivity index (χ1n) is 8.43. The van der Waals surface area contributed by atoms with Crippen molar-refractivity contribution < 1.29 is 13.9 Å². The van der Waals surface area contributed by atoms with Gasteiger partial charge in [0.15, 0.2) is 5.69 Å². The molecule has 3 heterocycles. The summed E-state index contributed by atoms with van der Waals surface area (Å²) in [5, 5.41) is 8.13. The van der Waals surface area contributed by atoms with E-state index in [-0.39, 0.29) is 22.7 Å². The fraction of sp³-hybridized carbons (Fsp3) is 0.471. The average molecular weight is 365 g/mol. The zero-order chi connectivity index (χ0) is 17.4. The summed E-state index contributed by atoms with van der Waals surface area (Å²) in [6, 6.07) is 3.23. The molecule has 0 bridgehead atoms. The summed E-state index contributed by atoms with van der Waals surface area (Å²) < 4.78 is 21.0. The number of rotatable bonds is 2. The Bertz CT molecular complexity index is 804. The molecule has 4 rings (SSSR count). The van der Waals surface area contributed by atoms with Gasteiger partial charge in [-0.25, -0.2) is 9.07 Å². The third-order valence-electron chi connectivity index (χ3n) is 4.79. The number of aromatic nitrogens is 3. The van der Waals surface area contributed by atoms with Crippen LogP contribution in [0.25, 0.3) is 0 Å². The summed E-state index contributed by atoms with van der Waals surface area (Å²) in [5.74, 6) is -0.822. The van der Waals surface area contributed by atoms with E-state index in [1.165, 1.54) is 11.0 Å². The highest BCUT2D eigenvalue weighted by atomic mass is 35.5. The highest BCUT2D eigenvalue weighted by molar-refractivity contribution is 6.34. The van der Waals surface area contributed by atoms with Crippen LogP contribution in [0.15, 0.2) is 18.3 Å². The minimum atomic E-state index is -0.522. The molecule has 2 aliphatic rings. The maximum absolute atomic E-state index is 13.9. The molecule has 0 saturated carbocycles. The minimum absolute atomic E-state index is 0.0117. The van der Waals surface area contributed by atoms with E-state index in [4.69, 9.17) is 16.3 Å². The summed E-state index contributed by atoms with van der Waals surface area (Å²) in [5.41, 5.74) is 1.58. The van der Waals surface area contributed by atoms with E-state index >= 15 is 0 Å². The molecule has 0 spiro atoms. The number of carbonyl (C=O) groups is 1. The summed E-state index contributed by atoms with van der Waals surface area (Å²) in [4.78, 5) is 14.4. The van der Waals surface area contributed by atoms with Gasteiger partial charge in [0.05, 0.1) is 17.9 Å². The van der Waals surface area contributed by atoms with Crippen LogP contribution in [0.2, 0.25) is 5.02 Å². The van der Waals surface area contributed by atoms with Crippen molar-refractivity contribution in [2.24, 2.45) is 0 Å². The Morgan fingerprint density at radius 1 is 1.32 bits per heavy atom. The van der Waals surface area contributed by atoms with Gasteiger partial charge in [0.1, 0.15) is 10.8 Å². The van der Waals surface area contributed by atoms with E-state index in [1.807, 2.05) is 0 Å². The molecule has 2 aliphatic heterocycles. The molecule has 0 aliphatic carbocycles. The van der Waals surface area contributed by atoms with Crippen LogP contribution in [0.5, 0.6) is 0 Å². The Morgan fingerprint density at radius 3 is 2.92 bits per heavy atom. The van der Waals surface area contributed by atoms with Crippen molar-refractivity contribution in [1.29, 1.82) is 0 Å². The predicted octanol–water partition coefficient (Wildman–Crippen LogP) is 3.02. The van der Waals surface area contributed by atoms with Crippen LogP contribution < -0.4 is 4.90 Å². The molecule has 6 nitrogen and oxygen atoms in total. The summed E-state index contributed by atoms with van der Waals surface area (Å²) in [6.07, 6.45) is 4.93. The molecule has 1 aromatic heterocycles. The third-order valence-corrected chi connectivity index (χ3v) is 5.15. The Hall–Kier alpha value is -1.99. The zero-order valence-corrected chi connectivity index (χ0v) is 14.4. The number of hydrogen-bond acceptors (Lipinski definition) is 4. The van der Waals surface area contributed by atoms with Gasteiger partial charge in [0.2, 0.25) is 0 Å². The number of halogens is 2. The van der Waals surface area contributed by atoms with Gasteiger partial charge >= 0.3 is 0 Å². The molecule has 0 N–H and O–H groups in total. The molecule has 2 aromatic rings. The van der Waals surface area contributed by atoms with Crippen LogP contribution in [-0.2, 0) is 11.2 Å². The molecule has 0 radical (unpaired) electrons. The molecule has 0 unspecified atom stereocenters. The van der Waals surface area contributed by atoms with Gasteiger partial charge in [0, 0.05) is 19.8 Å². The summed E-state index contributed by atoms with van der Waals surface area (Å²) >= 11 is 6.14. The average Bonchev–Trinajstić information content (AvgIpc) is 3.15. The standard InChI is InChI=1S/C17H18ClFN4O2/c18-15-13(19)4-3-11-2-1-7-22(16(11)15)17(24)14-10-23(21-20-14)12-5-8-25-9-6-12/h3-4,10,12H,1-2,5-9H2. The number of hydrogen-bond donors (Lipinski definition) is 0. The van der Waals surface area contributed by atoms with Crippen molar-refractivity contribution in [3.63, 3.8) is 0 Å². The first kappa shape index (κ1) is 16.5. The number of carbonyl (C=O) groups excluding carboxylic acids is 1. The van der Waals surface area contributed by atoms with Crippen molar-refractivity contribution in [1.82, 2.24) is 15.0 Å². The Balaban J connectivity index is 1.62. The normalized spacial score (nSPS) is 18.2. The van der Waals surface area contributed by atoms with Gasteiger partial charge in [0.25, 0.3) is 5.91 Å². The lowest BCUT2D eigenvalue weighted by Crippen LogP contribution is -2.36. The number of nitrogens with zero attached hydrogens (tertiary/aromatic N) is 4. The lowest BCUT2D eigenvalue weighted by molar-refractivity contribution is 0.0657. The Labute approximate surface area is 149 Å². The Morgan fingerprint density at radius 2 is 2.12 bits per heavy atom. The van der Waals surface area contributed by atoms with Crippen LogP contribution in [-0.4, -0.2) is 40.7 Å². The van der Waals surface area contributed by atoms with Crippen molar-refractivity contribution in [3.05, 3.63) is 40.4 Å². The van der Waals surface area contributed by atoms with Crippen molar-refractivity contribution >= 4 is 23.2 Å². The molecule has 1 aromatic carbocycles. The smallest absolute Gasteiger partial charge is 0.280 e. The molecular weight excluding hydrogens is 347 g/mol. The second kappa shape index (κ2) is 6.72. The maximum Gasteiger partial charge on any atom is 0.280 e. The highest BCUT2D eigenvalue weighted by Gasteiger charge is 2.29. The second-order valence-corrected chi connectivity index (χ2v) is 6.73. The van der Waals surface area contributed by atoms with E-state index in [0.717, 1.165) is 31.2 Å². The quantitative estimate of drug-likeness (QED) is 0.821. The maximum atomic E-state index is 13.9. The summed E-state index contributed by atoms with van der Waals surface area (Å²) in [6.45, 7) is 1.85. The predicted molar refractivity (Wildman–Crippen MR) is 90.5 cm³/mol. The molecule has 1 amide bonds. The lowest BCUT2D eigenvalue weighted by Gasteiger charge is -2.29. The monoisotopic (exact) mass is 364 g/mol. The fourth-order valence-electron chi connectivity index (χ4n) is 3.46. The van der Waals surface area contributed by atoms with Gasteiger partial charge < -0.3 is 9.64 Å². The van der Waals surface area contributed by atoms with E-state index in [2.05, 4.69) is 10.3 Å². The fourth-order valence-corrected chi connectivity index (χ4v) is 3.74. The number of benzene rings is 1. The van der Waals surface area contributed by atoms with Gasteiger partial charge in [-0.05, 0) is 37.3 Å². The molecular formula is C17H18ClFN4O2. The van der Waals surface area contributed by atoms with Crippen molar-refractivity contribution in [2.75, 3.05) is 24.7 Å². The SMILES string of the molecule is O=C(c1cn(C2CCOCC2)nn1)N1CCCc2ccc(F)c(Cl)c21. The molecule has 0 atom stereocenters. The van der Waals surface area contributed by atoms with E-state index < -0.39 is 5.82 Å². The molecule has 1 fully saturated rings. The van der Waals surface area contributed by atoms with Gasteiger partial charge in [-0.3, -0.25) is 4.79 Å². The lowest BCUT2D eigenvalue weighted by atomic mass is 10.0. The van der Waals surface area contributed by atoms with Crippen LogP contribution in [0.3, 0.4) is 0 Å². The molecule has 25 heavy (non-hydrogen) atoms.